The van der Waals surface area contributed by atoms with Crippen molar-refractivity contribution in [1.29, 1.82) is 0 Å². The number of rotatable bonds is 10. The summed E-state index contributed by atoms with van der Waals surface area (Å²) in [6.07, 6.45) is 0.0448. The molecular weight excluding hydrogens is 489 g/mol. The third-order valence-electron chi connectivity index (χ3n) is 5.95. The summed E-state index contributed by atoms with van der Waals surface area (Å²) >= 11 is 0. The van der Waals surface area contributed by atoms with E-state index in [0.717, 1.165) is 30.5 Å². The summed E-state index contributed by atoms with van der Waals surface area (Å²) in [6.45, 7) is 0.777. The molecule has 37 heavy (non-hydrogen) atoms. The minimum Gasteiger partial charge on any atom is -0.475 e. The lowest BCUT2D eigenvalue weighted by atomic mass is 10.1. The zero-order chi connectivity index (χ0) is 27.4. The highest BCUT2D eigenvalue weighted by Gasteiger charge is 2.38. The smallest absolute Gasteiger partial charge is 0.475 e. The number of carbonyl (C=O) groups excluding carboxylic acids is 2. The van der Waals surface area contributed by atoms with Crippen molar-refractivity contribution in [2.75, 3.05) is 25.0 Å². The average Bonchev–Trinajstić information content (AvgIpc) is 3.34. The number of alkyl halides is 3. The van der Waals surface area contributed by atoms with E-state index in [2.05, 4.69) is 17.4 Å². The second-order valence-electron chi connectivity index (χ2n) is 8.60. The molecule has 0 aromatic heterocycles. The van der Waals surface area contributed by atoms with Crippen molar-refractivity contribution in [2.24, 2.45) is 11.5 Å². The third-order valence-corrected chi connectivity index (χ3v) is 5.95. The van der Waals surface area contributed by atoms with Gasteiger partial charge in [0.15, 0.2) is 0 Å². The monoisotopic (exact) mass is 522 g/mol. The number of anilines is 1. The number of aryl methyl sites for hydroxylation is 2. The summed E-state index contributed by atoms with van der Waals surface area (Å²) in [5.41, 5.74) is 15.9. The molecule has 2 aromatic carbocycles. The molecule has 0 unspecified atom stereocenters. The summed E-state index contributed by atoms with van der Waals surface area (Å²) in [6, 6.07) is 15.4. The van der Waals surface area contributed by atoms with Crippen LogP contribution >= 0.6 is 0 Å². The second kappa shape index (κ2) is 14.3. The van der Waals surface area contributed by atoms with Crippen LogP contribution in [0, 0.1) is 0 Å². The van der Waals surface area contributed by atoms with Gasteiger partial charge in [-0.3, -0.25) is 9.59 Å². The van der Waals surface area contributed by atoms with Crippen LogP contribution in [-0.4, -0.2) is 59.6 Å². The molecule has 6 N–H and O–H groups in total. The number of nitrogens with one attached hydrogen (secondary N) is 1. The number of halogens is 3. The van der Waals surface area contributed by atoms with Crippen molar-refractivity contribution in [3.8, 4) is 0 Å². The standard InChI is InChI=1S/C24H32N4O2.C2HF3O2/c25-14-5-10-22(24(30)27-21-12-11-19-8-4-9-20(19)16-21)28(23(29)17-26)15-13-18-6-2-1-3-7-18;3-2(4,5)1(6)7/h1-3,6-7,11-12,16,22H,4-5,8-10,13-15,17,25-26H2,(H,27,30);(H,6,7)/t22-;/m0./s1. The van der Waals surface area contributed by atoms with Gasteiger partial charge in [0.2, 0.25) is 11.8 Å². The lowest BCUT2D eigenvalue weighted by molar-refractivity contribution is -0.192. The maximum atomic E-state index is 13.2. The van der Waals surface area contributed by atoms with Crippen LogP contribution in [0.1, 0.15) is 36.0 Å². The molecular formula is C26H33F3N4O4. The van der Waals surface area contributed by atoms with Crippen LogP contribution in [0.4, 0.5) is 18.9 Å². The SMILES string of the molecule is NCCC[C@@H](C(=O)Nc1ccc2c(c1)CCC2)N(CCc1ccccc1)C(=O)CN.O=C(O)C(F)(F)F. The summed E-state index contributed by atoms with van der Waals surface area (Å²) in [5.74, 6) is -3.17. The maximum Gasteiger partial charge on any atom is 0.490 e. The van der Waals surface area contributed by atoms with Gasteiger partial charge in [-0.25, -0.2) is 4.79 Å². The molecule has 0 aliphatic heterocycles. The Labute approximate surface area is 213 Å². The highest BCUT2D eigenvalue weighted by atomic mass is 19.4. The fraction of sp³-hybridized carbons (Fsp3) is 0.423. The van der Waals surface area contributed by atoms with Gasteiger partial charge in [0.25, 0.3) is 0 Å². The Hall–Kier alpha value is -3.44. The van der Waals surface area contributed by atoms with Gasteiger partial charge in [-0.15, -0.1) is 0 Å². The number of hydrogen-bond acceptors (Lipinski definition) is 5. The molecule has 0 heterocycles. The molecule has 2 amide bonds. The summed E-state index contributed by atoms with van der Waals surface area (Å²) in [7, 11) is 0. The molecule has 0 fully saturated rings. The lowest BCUT2D eigenvalue weighted by Gasteiger charge is -2.31. The van der Waals surface area contributed by atoms with Crippen LogP contribution in [0.3, 0.4) is 0 Å². The Balaban J connectivity index is 0.000000604. The van der Waals surface area contributed by atoms with E-state index in [-0.39, 0.29) is 18.4 Å². The van der Waals surface area contributed by atoms with Crippen molar-refractivity contribution in [3.05, 3.63) is 65.2 Å². The highest BCUT2D eigenvalue weighted by Crippen LogP contribution is 2.25. The van der Waals surface area contributed by atoms with Gasteiger partial charge in [-0.05, 0) is 73.9 Å². The van der Waals surface area contributed by atoms with E-state index in [0.29, 0.717) is 32.4 Å². The number of nitrogens with zero attached hydrogens (tertiary/aromatic N) is 1. The first-order chi connectivity index (χ1) is 17.6. The first kappa shape index (κ1) is 29.8. The minimum atomic E-state index is -5.08. The first-order valence-electron chi connectivity index (χ1n) is 12.0. The van der Waals surface area contributed by atoms with E-state index in [9.17, 15) is 22.8 Å². The molecule has 0 bridgehead atoms. The number of carbonyl (C=O) groups is 3. The number of hydrogen-bond donors (Lipinski definition) is 4. The Morgan fingerprint density at radius 1 is 1.03 bits per heavy atom. The number of carboxylic acids is 1. The number of nitrogens with two attached hydrogens (primary N) is 2. The van der Waals surface area contributed by atoms with Crippen LogP contribution in [-0.2, 0) is 33.6 Å². The van der Waals surface area contributed by atoms with Crippen LogP contribution in [0.2, 0.25) is 0 Å². The van der Waals surface area contributed by atoms with Gasteiger partial charge in [0.05, 0.1) is 6.54 Å². The van der Waals surface area contributed by atoms with E-state index in [4.69, 9.17) is 21.4 Å². The zero-order valence-electron chi connectivity index (χ0n) is 20.5. The zero-order valence-corrected chi connectivity index (χ0v) is 20.5. The Kier molecular flexibility index (Phi) is 11.5. The van der Waals surface area contributed by atoms with E-state index < -0.39 is 18.2 Å². The summed E-state index contributed by atoms with van der Waals surface area (Å²) in [5, 5.41) is 10.1. The Morgan fingerprint density at radius 2 is 1.68 bits per heavy atom. The van der Waals surface area contributed by atoms with E-state index in [1.165, 1.54) is 11.1 Å². The molecule has 3 rings (SSSR count). The van der Waals surface area contributed by atoms with E-state index in [1.807, 2.05) is 36.4 Å². The molecule has 0 radical (unpaired) electrons. The van der Waals surface area contributed by atoms with Crippen LogP contribution in [0.5, 0.6) is 0 Å². The largest absolute Gasteiger partial charge is 0.490 e. The van der Waals surface area contributed by atoms with Gasteiger partial charge in [-0.1, -0.05) is 36.4 Å². The van der Waals surface area contributed by atoms with Gasteiger partial charge < -0.3 is 26.8 Å². The lowest BCUT2D eigenvalue weighted by Crippen LogP contribution is -2.50. The molecule has 11 heteroatoms. The number of benzene rings is 2. The van der Waals surface area contributed by atoms with E-state index in [1.54, 1.807) is 4.90 Å². The molecule has 0 saturated heterocycles. The van der Waals surface area contributed by atoms with Gasteiger partial charge >= 0.3 is 12.1 Å². The van der Waals surface area contributed by atoms with Crippen molar-refractivity contribution >= 4 is 23.5 Å². The molecule has 202 valence electrons. The predicted octanol–water partition coefficient (Wildman–Crippen LogP) is 2.88. The third kappa shape index (κ3) is 9.51. The second-order valence-corrected chi connectivity index (χ2v) is 8.60. The number of amides is 2. The van der Waals surface area contributed by atoms with Gasteiger partial charge in [-0.2, -0.15) is 13.2 Å². The quantitative estimate of drug-likeness (QED) is 0.379. The van der Waals surface area contributed by atoms with Gasteiger partial charge in [0.1, 0.15) is 6.04 Å². The normalized spacial score (nSPS) is 13.1. The summed E-state index contributed by atoms with van der Waals surface area (Å²) in [4.78, 5) is 36.4. The van der Waals surface area contributed by atoms with Crippen LogP contribution in [0.15, 0.2) is 48.5 Å². The highest BCUT2D eigenvalue weighted by molar-refractivity contribution is 5.97. The maximum absolute atomic E-state index is 13.2. The molecule has 2 aromatic rings. The molecule has 1 aliphatic rings. The topological polar surface area (TPSA) is 139 Å². The fourth-order valence-electron chi connectivity index (χ4n) is 4.08. The Bertz CT molecular complexity index is 1050. The van der Waals surface area contributed by atoms with E-state index >= 15 is 0 Å². The molecule has 8 nitrogen and oxygen atoms in total. The number of fused-ring (bicyclic) bond motifs is 1. The van der Waals surface area contributed by atoms with Crippen molar-refractivity contribution in [3.63, 3.8) is 0 Å². The van der Waals surface area contributed by atoms with Crippen molar-refractivity contribution in [1.82, 2.24) is 4.90 Å². The average molecular weight is 523 g/mol. The minimum absolute atomic E-state index is 0.125. The number of carboxylic acid groups (broad SMARTS) is 1. The van der Waals surface area contributed by atoms with Gasteiger partial charge in [0, 0.05) is 12.2 Å². The fourth-order valence-corrected chi connectivity index (χ4v) is 4.08. The van der Waals surface area contributed by atoms with Crippen molar-refractivity contribution in [2.45, 2.75) is 50.7 Å². The molecule has 1 atom stereocenters. The number of aliphatic carboxylic acids is 1. The van der Waals surface area contributed by atoms with Crippen LogP contribution < -0.4 is 16.8 Å². The molecule has 0 spiro atoms. The first-order valence-corrected chi connectivity index (χ1v) is 12.0. The van der Waals surface area contributed by atoms with Crippen molar-refractivity contribution < 1.29 is 32.7 Å². The molecule has 0 saturated carbocycles. The van der Waals surface area contributed by atoms with Crippen LogP contribution in [0.25, 0.3) is 0 Å². The summed E-state index contributed by atoms with van der Waals surface area (Å²) < 4.78 is 31.7. The predicted molar refractivity (Wildman–Crippen MR) is 134 cm³/mol. The Morgan fingerprint density at radius 3 is 2.27 bits per heavy atom. The molecule has 1 aliphatic carbocycles.